The summed E-state index contributed by atoms with van der Waals surface area (Å²) in [5, 5.41) is -0.225. The molecule has 4 aromatic rings. The fourth-order valence-corrected chi connectivity index (χ4v) is 7.24. The van der Waals surface area contributed by atoms with Crippen molar-refractivity contribution < 1.29 is 41.2 Å². The zero-order valence-electron chi connectivity index (χ0n) is 29.4. The molecule has 2 fully saturated rings. The van der Waals surface area contributed by atoms with Crippen molar-refractivity contribution in [3.8, 4) is 23.0 Å². The first kappa shape index (κ1) is 41.0. The molecule has 0 spiro atoms. The molecule has 0 radical (unpaired) electrons. The zero-order chi connectivity index (χ0) is 39.6. The lowest BCUT2D eigenvalue weighted by atomic mass is 9.97. The van der Waals surface area contributed by atoms with E-state index in [1.807, 2.05) is 13.8 Å². The number of H-pyrrole nitrogens is 2. The smallest absolute Gasteiger partial charge is 0.387 e. The molecule has 6 rings (SSSR count). The van der Waals surface area contributed by atoms with Gasteiger partial charge in [0.2, 0.25) is 0 Å². The molecule has 2 aromatic carbocycles. The van der Waals surface area contributed by atoms with Crippen LogP contribution in [0.25, 0.3) is 0 Å². The largest absolute Gasteiger partial charge is 0.487 e. The first-order chi connectivity index (χ1) is 26.2. The van der Waals surface area contributed by atoms with Crippen molar-refractivity contribution in [3.63, 3.8) is 0 Å². The van der Waals surface area contributed by atoms with E-state index in [2.05, 4.69) is 9.97 Å². The minimum Gasteiger partial charge on any atom is -0.487 e. The molecular weight excluding hydrogens is 814 g/mol. The van der Waals surface area contributed by atoms with E-state index in [1.165, 1.54) is 48.8 Å². The lowest BCUT2D eigenvalue weighted by Gasteiger charge is -2.28. The monoisotopic (exact) mass is 848 g/mol. The molecule has 2 aromatic heterocycles. The number of hydrogen-bond donors (Lipinski definition) is 2. The number of nitrogens with one attached hydrogen (secondary N) is 2. The number of alkyl halides is 4. The van der Waals surface area contributed by atoms with Gasteiger partial charge in [0.05, 0.1) is 34.5 Å². The van der Waals surface area contributed by atoms with Crippen LogP contribution in [0, 0.1) is 11.8 Å². The van der Waals surface area contributed by atoms with Gasteiger partial charge in [-0.2, -0.15) is 17.6 Å². The quantitative estimate of drug-likeness (QED) is 0.0959. The van der Waals surface area contributed by atoms with Gasteiger partial charge in [-0.3, -0.25) is 9.59 Å². The maximum absolute atomic E-state index is 13.5. The van der Waals surface area contributed by atoms with Crippen molar-refractivity contribution in [1.82, 2.24) is 9.97 Å². The molecule has 0 saturated heterocycles. The number of hydrogen-bond acceptors (Lipinski definition) is 7. The summed E-state index contributed by atoms with van der Waals surface area (Å²) in [6.07, 6.45) is 3.11. The van der Waals surface area contributed by atoms with Gasteiger partial charge in [0.15, 0.2) is 23.0 Å². The molecule has 2 aliphatic carbocycles. The third-order valence-electron chi connectivity index (χ3n) is 9.58. The normalized spacial score (nSPS) is 16.5. The zero-order valence-corrected chi connectivity index (χ0v) is 32.4. The van der Waals surface area contributed by atoms with E-state index >= 15 is 0 Å². The Bertz CT molecular complexity index is 1970. The van der Waals surface area contributed by atoms with Crippen LogP contribution >= 0.6 is 46.4 Å². The molecule has 2 N–H and O–H groups in total. The fraction of sp³-hybridized carbons (Fsp3) is 0.421. The summed E-state index contributed by atoms with van der Waals surface area (Å²) in [7, 11) is 0. The van der Waals surface area contributed by atoms with E-state index < -0.39 is 36.5 Å². The van der Waals surface area contributed by atoms with Crippen LogP contribution in [0.3, 0.4) is 0 Å². The summed E-state index contributed by atoms with van der Waals surface area (Å²) in [6.45, 7) is -2.63. The van der Waals surface area contributed by atoms with Gasteiger partial charge in [0.25, 0.3) is 11.1 Å². The van der Waals surface area contributed by atoms with Gasteiger partial charge in [-0.25, -0.2) is 0 Å². The number of benzene rings is 2. The molecule has 0 bridgehead atoms. The van der Waals surface area contributed by atoms with Crippen LogP contribution in [0.15, 0.2) is 58.4 Å². The topological polar surface area (TPSA) is 112 Å². The second-order valence-electron chi connectivity index (χ2n) is 13.5. The predicted molar refractivity (Wildman–Crippen MR) is 200 cm³/mol. The average molecular weight is 851 g/mol. The Hall–Kier alpha value is -3.62. The summed E-state index contributed by atoms with van der Waals surface area (Å²) in [6, 6.07) is 8.59. The van der Waals surface area contributed by atoms with Crippen molar-refractivity contribution in [2.75, 3.05) is 0 Å². The number of pyridine rings is 2. The molecule has 2 saturated carbocycles. The van der Waals surface area contributed by atoms with Gasteiger partial charge in [-0.05, 0) is 97.9 Å². The average Bonchev–Trinajstić information content (AvgIpc) is 4.05. The molecule has 55 heavy (non-hydrogen) atoms. The van der Waals surface area contributed by atoms with Crippen molar-refractivity contribution in [1.29, 1.82) is 0 Å². The molecule has 0 aliphatic heterocycles. The van der Waals surface area contributed by atoms with E-state index in [4.69, 9.17) is 70.1 Å². The van der Waals surface area contributed by atoms with E-state index in [0.717, 1.165) is 25.7 Å². The van der Waals surface area contributed by atoms with Gasteiger partial charge >= 0.3 is 13.2 Å². The molecule has 4 unspecified atom stereocenters. The first-order valence-electron chi connectivity index (χ1n) is 17.5. The summed E-state index contributed by atoms with van der Waals surface area (Å²) < 4.78 is 82.9. The highest BCUT2D eigenvalue weighted by molar-refractivity contribution is 6.36. The lowest BCUT2D eigenvalue weighted by molar-refractivity contribution is -0.0527. The number of aromatic nitrogens is 2. The highest BCUT2D eigenvalue weighted by atomic mass is 35.5. The van der Waals surface area contributed by atoms with Crippen LogP contribution in [0.2, 0.25) is 20.1 Å². The van der Waals surface area contributed by atoms with Gasteiger partial charge in [0, 0.05) is 25.2 Å². The van der Waals surface area contributed by atoms with Crippen LogP contribution in [0.5, 0.6) is 23.0 Å². The third kappa shape index (κ3) is 10.4. The summed E-state index contributed by atoms with van der Waals surface area (Å²) in [5.41, 5.74) is -0.0982. The second kappa shape index (κ2) is 17.7. The number of aromatic amines is 2. The Labute approximate surface area is 333 Å². The van der Waals surface area contributed by atoms with Crippen LogP contribution in [-0.4, -0.2) is 35.4 Å². The first-order valence-corrected chi connectivity index (χ1v) is 19.0. The van der Waals surface area contributed by atoms with Crippen LogP contribution in [-0.2, 0) is 17.6 Å². The van der Waals surface area contributed by atoms with Gasteiger partial charge in [-0.15, -0.1) is 0 Å². The SMILES string of the molecule is CC(Oc1cc(C(Cc2c(Cl)c[nH]c(=O)c2Cl)OC(Cc2c(Cl)c[nH]c(=O)c2Cl)c2ccc(OC(F)F)c(OC(C)C3CC3)c2)ccc1OC(F)F)C1CC1. The third-order valence-corrected chi connectivity index (χ3v) is 11.1. The number of ether oxygens (including phenoxy) is 5. The molecule has 17 heteroatoms. The molecule has 2 heterocycles. The van der Waals surface area contributed by atoms with Crippen molar-refractivity contribution in [3.05, 3.63) is 112 Å². The van der Waals surface area contributed by atoms with E-state index in [-0.39, 0.29) is 91.1 Å². The molecular formula is C38H36Cl4F4N2O7. The number of halogens is 8. The Balaban J connectivity index is 1.48. The minimum absolute atomic E-state index is 0.0179. The second-order valence-corrected chi connectivity index (χ2v) is 15.1. The predicted octanol–water partition coefficient (Wildman–Crippen LogP) is 10.5. The van der Waals surface area contributed by atoms with E-state index in [0.29, 0.717) is 11.1 Å². The van der Waals surface area contributed by atoms with Crippen LogP contribution in [0.4, 0.5) is 17.6 Å². The van der Waals surface area contributed by atoms with Gasteiger partial charge in [-0.1, -0.05) is 58.5 Å². The minimum atomic E-state index is -3.14. The van der Waals surface area contributed by atoms with E-state index in [9.17, 15) is 27.2 Å². The molecule has 0 amide bonds. The maximum Gasteiger partial charge on any atom is 0.387 e. The maximum atomic E-state index is 13.5. The summed E-state index contributed by atoms with van der Waals surface area (Å²) in [4.78, 5) is 30.2. The van der Waals surface area contributed by atoms with Gasteiger partial charge in [0.1, 0.15) is 10.0 Å². The lowest BCUT2D eigenvalue weighted by Crippen LogP contribution is -2.20. The number of rotatable bonds is 18. The Morgan fingerprint density at radius 3 is 1.35 bits per heavy atom. The molecule has 9 nitrogen and oxygen atoms in total. The molecule has 2 aliphatic rings. The van der Waals surface area contributed by atoms with Crippen molar-refractivity contribution in [2.45, 2.75) is 90.0 Å². The highest BCUT2D eigenvalue weighted by Crippen LogP contribution is 2.44. The van der Waals surface area contributed by atoms with Crippen molar-refractivity contribution >= 4 is 46.4 Å². The van der Waals surface area contributed by atoms with Crippen LogP contribution < -0.4 is 30.1 Å². The standard InChI is InChI=1S/C38H36Cl4F4N2O7/c1-17(19-3-4-19)51-31-11-21(7-9-27(31)54-37(43)44)29(13-23-25(39)15-47-35(49)33(23)41)53-30(14-24-26(40)16-48-36(50)34(24)42)22-8-10-28(55-38(45)46)32(12-22)52-18(2)20-5-6-20/h7-12,15-20,29-30,37-38H,3-6,13-14H2,1-2H3,(H,47,49)(H,48,50). The van der Waals surface area contributed by atoms with Crippen LogP contribution in [0.1, 0.15) is 74.0 Å². The Morgan fingerprint density at radius 2 is 1.00 bits per heavy atom. The summed E-state index contributed by atoms with van der Waals surface area (Å²) in [5.74, 6) is 0.0725. The van der Waals surface area contributed by atoms with Gasteiger partial charge < -0.3 is 33.7 Å². The Kier molecular flexibility index (Phi) is 13.2. The molecule has 296 valence electrons. The highest BCUT2D eigenvalue weighted by Gasteiger charge is 2.33. The van der Waals surface area contributed by atoms with E-state index in [1.54, 1.807) is 0 Å². The van der Waals surface area contributed by atoms with Crippen molar-refractivity contribution in [2.24, 2.45) is 11.8 Å². The molecule has 4 atom stereocenters. The Morgan fingerprint density at radius 1 is 0.618 bits per heavy atom. The summed E-state index contributed by atoms with van der Waals surface area (Å²) >= 11 is 26.1. The fourth-order valence-electron chi connectivity index (χ4n) is 6.22.